The van der Waals surface area contributed by atoms with E-state index in [-0.39, 0.29) is 12.1 Å². The van der Waals surface area contributed by atoms with Crippen LogP contribution >= 0.6 is 0 Å². The third kappa shape index (κ3) is 5.77. The molecule has 9 heteroatoms. The third-order valence-electron chi connectivity index (χ3n) is 3.40. The average molecular weight is 322 g/mol. The van der Waals surface area contributed by atoms with Crippen LogP contribution < -0.4 is 4.72 Å². The lowest BCUT2D eigenvalue weighted by atomic mass is 10.3. The molecule has 0 unspecified atom stereocenters. The van der Waals surface area contributed by atoms with Gasteiger partial charge in [0.25, 0.3) is 10.2 Å². The first-order valence-electron chi connectivity index (χ1n) is 7.06. The molecule has 21 heavy (non-hydrogen) atoms. The van der Waals surface area contributed by atoms with Gasteiger partial charge in [-0.1, -0.05) is 0 Å². The first-order chi connectivity index (χ1) is 9.76. The number of ether oxygens (including phenoxy) is 1. The van der Waals surface area contributed by atoms with Gasteiger partial charge in [-0.2, -0.15) is 17.4 Å². The zero-order valence-corrected chi connectivity index (χ0v) is 14.0. The molecule has 1 heterocycles. The molecule has 0 aromatic rings. The molecule has 0 aromatic carbocycles. The second-order valence-corrected chi connectivity index (χ2v) is 7.23. The molecule has 1 N–H and O–H groups in total. The fourth-order valence-electron chi connectivity index (χ4n) is 2.06. The number of hydrogen-bond acceptors (Lipinski definition) is 5. The van der Waals surface area contributed by atoms with Gasteiger partial charge in [-0.25, -0.2) is 4.79 Å². The van der Waals surface area contributed by atoms with Crippen LogP contribution in [-0.2, 0) is 14.9 Å². The molecule has 1 amide bonds. The van der Waals surface area contributed by atoms with E-state index in [0.717, 1.165) is 13.0 Å². The fourth-order valence-corrected chi connectivity index (χ4v) is 2.89. The quantitative estimate of drug-likeness (QED) is 0.686. The average Bonchev–Trinajstić information content (AvgIpc) is 2.82. The van der Waals surface area contributed by atoms with Crippen LogP contribution in [0.25, 0.3) is 0 Å². The molecule has 1 saturated heterocycles. The summed E-state index contributed by atoms with van der Waals surface area (Å²) in [6.45, 7) is 4.87. The Kier molecular flexibility index (Phi) is 6.85. The maximum atomic E-state index is 11.7. The lowest BCUT2D eigenvalue weighted by Crippen LogP contribution is -2.43. The molecule has 0 radical (unpaired) electrons. The van der Waals surface area contributed by atoms with Crippen molar-refractivity contribution in [2.24, 2.45) is 0 Å². The predicted molar refractivity (Wildman–Crippen MR) is 80.2 cm³/mol. The minimum absolute atomic E-state index is 0.0784. The van der Waals surface area contributed by atoms with Crippen molar-refractivity contribution in [3.05, 3.63) is 0 Å². The van der Waals surface area contributed by atoms with Crippen molar-refractivity contribution < 1.29 is 17.9 Å². The number of likely N-dealkylation sites (tertiary alicyclic amines) is 1. The summed E-state index contributed by atoms with van der Waals surface area (Å²) in [5.74, 6) is 0. The van der Waals surface area contributed by atoms with Gasteiger partial charge in [-0.15, -0.1) is 0 Å². The van der Waals surface area contributed by atoms with E-state index in [1.807, 2.05) is 0 Å². The summed E-state index contributed by atoms with van der Waals surface area (Å²) in [5, 5.41) is 0. The highest BCUT2D eigenvalue weighted by Crippen LogP contribution is 2.10. The molecular weight excluding hydrogens is 296 g/mol. The molecule has 0 spiro atoms. The number of nitrogens with zero attached hydrogens (tertiary/aromatic N) is 3. The van der Waals surface area contributed by atoms with Crippen LogP contribution in [0.2, 0.25) is 0 Å². The Balaban J connectivity index is 2.34. The van der Waals surface area contributed by atoms with E-state index < -0.39 is 10.2 Å². The highest BCUT2D eigenvalue weighted by Gasteiger charge is 2.27. The smallest absolute Gasteiger partial charge is 0.409 e. The number of carbonyl (C=O) groups is 1. The number of rotatable bonds is 7. The molecule has 1 aliphatic rings. The monoisotopic (exact) mass is 322 g/mol. The zero-order chi connectivity index (χ0) is 16.0. The first-order valence-corrected chi connectivity index (χ1v) is 8.50. The second-order valence-electron chi connectivity index (χ2n) is 5.31. The highest BCUT2D eigenvalue weighted by atomic mass is 32.2. The van der Waals surface area contributed by atoms with Gasteiger partial charge >= 0.3 is 6.09 Å². The molecule has 1 fully saturated rings. The molecular formula is C12H26N4O4S. The molecule has 1 rings (SSSR count). The van der Waals surface area contributed by atoms with Gasteiger partial charge in [0.2, 0.25) is 0 Å². The Bertz CT molecular complexity index is 441. The minimum atomic E-state index is -3.38. The van der Waals surface area contributed by atoms with E-state index in [1.165, 1.54) is 23.3 Å². The Morgan fingerprint density at radius 3 is 2.62 bits per heavy atom. The van der Waals surface area contributed by atoms with Crippen molar-refractivity contribution in [1.29, 1.82) is 0 Å². The second kappa shape index (κ2) is 7.92. The number of amides is 1. The van der Waals surface area contributed by atoms with Gasteiger partial charge in [0.15, 0.2) is 0 Å². The standard InChI is InChI=1S/C12H26N4O4S/c1-5-20-12(17)15(4)8-9-16-7-6-11(10-16)13-21(18,19)14(2)3/h11,13H,5-10H2,1-4H3/t11-/m1/s1. The predicted octanol–water partition coefficient (Wildman–Crippen LogP) is -0.455. The van der Waals surface area contributed by atoms with Crippen LogP contribution in [-0.4, -0.2) is 88.6 Å². The van der Waals surface area contributed by atoms with Gasteiger partial charge in [-0.05, 0) is 19.9 Å². The van der Waals surface area contributed by atoms with Gasteiger partial charge in [-0.3, -0.25) is 4.90 Å². The van der Waals surface area contributed by atoms with E-state index >= 15 is 0 Å². The molecule has 124 valence electrons. The van der Waals surface area contributed by atoms with E-state index in [1.54, 1.807) is 14.0 Å². The van der Waals surface area contributed by atoms with Crippen LogP contribution in [0.3, 0.4) is 0 Å². The van der Waals surface area contributed by atoms with E-state index in [9.17, 15) is 13.2 Å². The topological polar surface area (TPSA) is 82.2 Å². The Morgan fingerprint density at radius 1 is 1.38 bits per heavy atom. The first kappa shape index (κ1) is 18.1. The third-order valence-corrected chi connectivity index (χ3v) is 4.99. The zero-order valence-electron chi connectivity index (χ0n) is 13.2. The van der Waals surface area contributed by atoms with Crippen molar-refractivity contribution >= 4 is 16.3 Å². The van der Waals surface area contributed by atoms with Crippen LogP contribution in [0.5, 0.6) is 0 Å². The SMILES string of the molecule is CCOC(=O)N(C)CCN1CC[C@@H](NS(=O)(=O)N(C)C)C1. The van der Waals surface area contributed by atoms with Crippen molar-refractivity contribution in [1.82, 2.24) is 18.8 Å². The number of hydrogen-bond donors (Lipinski definition) is 1. The summed E-state index contributed by atoms with van der Waals surface area (Å²) in [6.07, 6.45) is 0.442. The minimum Gasteiger partial charge on any atom is -0.450 e. The lowest BCUT2D eigenvalue weighted by Gasteiger charge is -2.22. The highest BCUT2D eigenvalue weighted by molar-refractivity contribution is 7.87. The van der Waals surface area contributed by atoms with Crippen LogP contribution in [0.1, 0.15) is 13.3 Å². The summed E-state index contributed by atoms with van der Waals surface area (Å²) >= 11 is 0. The molecule has 0 saturated carbocycles. The van der Waals surface area contributed by atoms with E-state index in [2.05, 4.69) is 9.62 Å². The normalized spacial score (nSPS) is 20.0. The summed E-state index contributed by atoms with van der Waals surface area (Å²) in [6, 6.07) is -0.0784. The summed E-state index contributed by atoms with van der Waals surface area (Å²) in [7, 11) is 1.32. The fraction of sp³-hybridized carbons (Fsp3) is 0.917. The lowest BCUT2D eigenvalue weighted by molar-refractivity contribution is 0.112. The van der Waals surface area contributed by atoms with Crippen molar-refractivity contribution in [2.75, 3.05) is 53.9 Å². The maximum Gasteiger partial charge on any atom is 0.409 e. The molecule has 1 atom stereocenters. The maximum absolute atomic E-state index is 11.7. The van der Waals surface area contributed by atoms with Crippen molar-refractivity contribution in [2.45, 2.75) is 19.4 Å². The molecule has 0 aliphatic carbocycles. The van der Waals surface area contributed by atoms with Gasteiger partial charge < -0.3 is 9.64 Å². The largest absolute Gasteiger partial charge is 0.450 e. The molecule has 1 aliphatic heterocycles. The Labute approximate surface area is 127 Å². The Morgan fingerprint density at radius 2 is 2.05 bits per heavy atom. The van der Waals surface area contributed by atoms with Crippen LogP contribution in [0.15, 0.2) is 0 Å². The van der Waals surface area contributed by atoms with Gasteiger partial charge in [0.05, 0.1) is 6.61 Å². The summed E-state index contributed by atoms with van der Waals surface area (Å²) in [4.78, 5) is 15.1. The van der Waals surface area contributed by atoms with Crippen molar-refractivity contribution in [3.63, 3.8) is 0 Å². The molecule has 8 nitrogen and oxygen atoms in total. The molecule has 0 bridgehead atoms. The Hall–Kier alpha value is -0.900. The van der Waals surface area contributed by atoms with Gasteiger partial charge in [0.1, 0.15) is 0 Å². The summed E-state index contributed by atoms with van der Waals surface area (Å²) in [5.41, 5.74) is 0. The molecule has 0 aromatic heterocycles. The van der Waals surface area contributed by atoms with Crippen LogP contribution in [0.4, 0.5) is 4.79 Å². The van der Waals surface area contributed by atoms with Crippen LogP contribution in [0, 0.1) is 0 Å². The van der Waals surface area contributed by atoms with E-state index in [0.29, 0.717) is 26.2 Å². The summed E-state index contributed by atoms with van der Waals surface area (Å²) < 4.78 is 32.2. The van der Waals surface area contributed by atoms with Crippen molar-refractivity contribution in [3.8, 4) is 0 Å². The number of nitrogens with one attached hydrogen (secondary N) is 1. The van der Waals surface area contributed by atoms with Gasteiger partial charge in [0, 0.05) is 46.8 Å². The number of carbonyl (C=O) groups excluding carboxylic acids is 1. The van der Waals surface area contributed by atoms with E-state index in [4.69, 9.17) is 4.74 Å². The number of likely N-dealkylation sites (N-methyl/N-ethyl adjacent to an activating group) is 1.